The van der Waals surface area contributed by atoms with E-state index in [9.17, 15) is 9.59 Å². The Morgan fingerprint density at radius 2 is 1.84 bits per heavy atom. The first-order valence-electron chi connectivity index (χ1n) is 5.97. The van der Waals surface area contributed by atoms with Crippen molar-refractivity contribution in [2.45, 2.75) is 40.2 Å². The quantitative estimate of drug-likeness (QED) is 0.860. The molecule has 1 amide bonds. The van der Waals surface area contributed by atoms with Gasteiger partial charge in [0.1, 0.15) is 11.4 Å². The highest BCUT2D eigenvalue weighted by molar-refractivity contribution is 5.88. The van der Waals surface area contributed by atoms with Crippen molar-refractivity contribution in [2.24, 2.45) is 0 Å². The molecule has 0 aromatic carbocycles. The van der Waals surface area contributed by atoms with Crippen LogP contribution in [0.5, 0.6) is 0 Å². The molecule has 0 unspecified atom stereocenters. The zero-order valence-corrected chi connectivity index (χ0v) is 11.9. The molecule has 0 aliphatic heterocycles. The first kappa shape index (κ1) is 16.9. The molecule has 6 heteroatoms. The summed E-state index contributed by atoms with van der Waals surface area (Å²) in [6.07, 6.45) is 0.530. The van der Waals surface area contributed by atoms with Crippen LogP contribution in [0, 0.1) is 0 Å². The van der Waals surface area contributed by atoms with Gasteiger partial charge in [-0.05, 0) is 32.9 Å². The van der Waals surface area contributed by atoms with Gasteiger partial charge in [0.15, 0.2) is 0 Å². The fourth-order valence-corrected chi connectivity index (χ4v) is 1.00. The number of carboxylic acid groups (broad SMARTS) is 1. The lowest BCUT2D eigenvalue weighted by Crippen LogP contribution is -2.27. The summed E-state index contributed by atoms with van der Waals surface area (Å²) >= 11 is 0. The monoisotopic (exact) mass is 268 g/mol. The summed E-state index contributed by atoms with van der Waals surface area (Å²) in [6, 6.07) is 2.75. The van der Waals surface area contributed by atoms with Crippen molar-refractivity contribution in [3.63, 3.8) is 0 Å². The second-order valence-electron chi connectivity index (χ2n) is 4.36. The van der Waals surface area contributed by atoms with Crippen molar-refractivity contribution < 1.29 is 19.4 Å². The third-order valence-electron chi connectivity index (χ3n) is 1.64. The number of carbonyl (C=O) groups is 2. The molecule has 1 heterocycles. The maximum atomic E-state index is 11.4. The average molecular weight is 268 g/mol. The van der Waals surface area contributed by atoms with Gasteiger partial charge in [-0.3, -0.25) is 5.32 Å². The minimum Gasteiger partial charge on any atom is -0.478 e. The summed E-state index contributed by atoms with van der Waals surface area (Å²) in [4.78, 5) is 25.7. The van der Waals surface area contributed by atoms with Crippen LogP contribution in [-0.4, -0.2) is 27.8 Å². The Bertz CT molecular complexity index is 421. The Balaban J connectivity index is 0.00000154. The number of anilines is 1. The van der Waals surface area contributed by atoms with E-state index in [1.54, 1.807) is 20.8 Å². The van der Waals surface area contributed by atoms with E-state index in [1.165, 1.54) is 12.1 Å². The number of aromatic nitrogens is 1. The fourth-order valence-electron chi connectivity index (χ4n) is 1.00. The lowest BCUT2D eigenvalue weighted by Gasteiger charge is -2.19. The van der Waals surface area contributed by atoms with Crippen LogP contribution in [0.4, 0.5) is 10.6 Å². The summed E-state index contributed by atoms with van der Waals surface area (Å²) in [5.74, 6) is -0.828. The largest absolute Gasteiger partial charge is 0.478 e. The molecule has 6 nitrogen and oxygen atoms in total. The van der Waals surface area contributed by atoms with E-state index >= 15 is 0 Å². The van der Waals surface area contributed by atoms with Crippen molar-refractivity contribution in [2.75, 3.05) is 5.32 Å². The van der Waals surface area contributed by atoms with E-state index in [4.69, 9.17) is 9.84 Å². The molecule has 0 saturated heterocycles. The molecular formula is C13H20N2O4. The lowest BCUT2D eigenvalue weighted by atomic mass is 10.2. The predicted molar refractivity (Wildman–Crippen MR) is 72.4 cm³/mol. The highest BCUT2D eigenvalue weighted by Gasteiger charge is 2.16. The maximum Gasteiger partial charge on any atom is 0.413 e. The van der Waals surface area contributed by atoms with Gasteiger partial charge in [0.2, 0.25) is 0 Å². The van der Waals surface area contributed by atoms with Gasteiger partial charge in [0.05, 0.1) is 5.56 Å². The summed E-state index contributed by atoms with van der Waals surface area (Å²) in [5.41, 5.74) is -0.537. The van der Waals surface area contributed by atoms with E-state index in [1.807, 2.05) is 13.8 Å². The minimum absolute atomic E-state index is 0.0553. The Morgan fingerprint density at radius 1 is 1.26 bits per heavy atom. The Morgan fingerprint density at radius 3 is 2.21 bits per heavy atom. The molecule has 1 rings (SSSR count). The van der Waals surface area contributed by atoms with Gasteiger partial charge in [0.25, 0.3) is 0 Å². The highest BCUT2D eigenvalue weighted by Crippen LogP contribution is 2.10. The normalized spacial score (nSPS) is 9.95. The lowest BCUT2D eigenvalue weighted by molar-refractivity contribution is 0.0634. The smallest absolute Gasteiger partial charge is 0.413 e. The van der Waals surface area contributed by atoms with Gasteiger partial charge >= 0.3 is 12.1 Å². The van der Waals surface area contributed by atoms with Gasteiger partial charge in [-0.2, -0.15) is 0 Å². The van der Waals surface area contributed by atoms with Crippen molar-refractivity contribution in [1.82, 2.24) is 4.98 Å². The van der Waals surface area contributed by atoms with Crippen molar-refractivity contribution in [3.8, 4) is 0 Å². The Labute approximate surface area is 112 Å². The van der Waals surface area contributed by atoms with E-state index in [0.29, 0.717) is 0 Å². The first-order valence-corrected chi connectivity index (χ1v) is 5.97. The van der Waals surface area contributed by atoms with E-state index < -0.39 is 17.7 Å². The molecule has 0 saturated carbocycles. The number of pyridine rings is 1. The van der Waals surface area contributed by atoms with Crippen molar-refractivity contribution in [1.29, 1.82) is 0 Å². The third-order valence-corrected chi connectivity index (χ3v) is 1.64. The fraction of sp³-hybridized carbons (Fsp3) is 0.462. The molecule has 0 radical (unpaired) electrons. The first-order chi connectivity index (χ1) is 8.78. The predicted octanol–water partition coefficient (Wildman–Crippen LogP) is 3.15. The SMILES string of the molecule is CC.CC(C)(C)OC(=O)Nc1ccc(C(=O)O)cn1. The second-order valence-corrected chi connectivity index (χ2v) is 4.36. The summed E-state index contributed by atoms with van der Waals surface area (Å²) in [7, 11) is 0. The maximum absolute atomic E-state index is 11.4. The molecule has 19 heavy (non-hydrogen) atoms. The van der Waals surface area contributed by atoms with Crippen LogP contribution in [0.25, 0.3) is 0 Å². The number of nitrogens with zero attached hydrogens (tertiary/aromatic N) is 1. The second kappa shape index (κ2) is 7.35. The minimum atomic E-state index is -1.07. The van der Waals surface area contributed by atoms with Crippen LogP contribution in [0.3, 0.4) is 0 Å². The molecule has 0 bridgehead atoms. The molecule has 0 aliphatic carbocycles. The van der Waals surface area contributed by atoms with Crippen LogP contribution in [0.15, 0.2) is 18.3 Å². The average Bonchev–Trinajstić information content (AvgIpc) is 2.29. The zero-order valence-electron chi connectivity index (χ0n) is 11.9. The van der Waals surface area contributed by atoms with Crippen LogP contribution in [-0.2, 0) is 4.74 Å². The zero-order chi connectivity index (χ0) is 15.1. The van der Waals surface area contributed by atoms with Gasteiger partial charge in [-0.1, -0.05) is 13.8 Å². The topological polar surface area (TPSA) is 88.5 Å². The summed E-state index contributed by atoms with van der Waals surface area (Å²) in [6.45, 7) is 9.23. The third kappa shape index (κ3) is 7.03. The molecule has 0 aliphatic rings. The van der Waals surface area contributed by atoms with Crippen molar-refractivity contribution >= 4 is 17.9 Å². The Hall–Kier alpha value is -2.11. The molecular weight excluding hydrogens is 248 g/mol. The van der Waals surface area contributed by atoms with E-state index in [0.717, 1.165) is 6.20 Å². The van der Waals surface area contributed by atoms with E-state index in [-0.39, 0.29) is 11.4 Å². The molecule has 0 atom stereocenters. The molecule has 0 spiro atoms. The van der Waals surface area contributed by atoms with Crippen LogP contribution in [0.2, 0.25) is 0 Å². The van der Waals surface area contributed by atoms with Gasteiger partial charge in [0, 0.05) is 6.20 Å². The number of hydrogen-bond donors (Lipinski definition) is 2. The molecule has 0 fully saturated rings. The molecule has 1 aromatic heterocycles. The van der Waals surface area contributed by atoms with Crippen LogP contribution < -0.4 is 5.32 Å². The number of amides is 1. The molecule has 1 aromatic rings. The summed E-state index contributed by atoms with van der Waals surface area (Å²) < 4.78 is 5.01. The molecule has 106 valence electrons. The summed E-state index contributed by atoms with van der Waals surface area (Å²) in [5, 5.41) is 11.1. The number of hydrogen-bond acceptors (Lipinski definition) is 4. The van der Waals surface area contributed by atoms with Gasteiger partial charge in [-0.25, -0.2) is 14.6 Å². The van der Waals surface area contributed by atoms with E-state index in [2.05, 4.69) is 10.3 Å². The number of carbonyl (C=O) groups excluding carboxylic acids is 1. The highest BCUT2D eigenvalue weighted by atomic mass is 16.6. The Kier molecular flexibility index (Phi) is 6.54. The number of carboxylic acids is 1. The van der Waals surface area contributed by atoms with Gasteiger partial charge < -0.3 is 9.84 Å². The number of aromatic carboxylic acids is 1. The number of rotatable bonds is 2. The standard InChI is InChI=1S/C11H14N2O4.C2H6/c1-11(2,3)17-10(16)13-8-5-4-7(6-12-8)9(14)15;1-2/h4-6H,1-3H3,(H,14,15)(H,12,13,16);1-2H3. The van der Waals surface area contributed by atoms with Crippen LogP contribution in [0.1, 0.15) is 45.0 Å². The van der Waals surface area contributed by atoms with Crippen LogP contribution >= 0.6 is 0 Å². The number of nitrogens with one attached hydrogen (secondary N) is 1. The van der Waals surface area contributed by atoms with Crippen molar-refractivity contribution in [3.05, 3.63) is 23.9 Å². The number of ether oxygens (including phenoxy) is 1. The van der Waals surface area contributed by atoms with Gasteiger partial charge in [-0.15, -0.1) is 0 Å². The molecule has 2 N–H and O–H groups in total.